The van der Waals surface area contributed by atoms with E-state index in [9.17, 15) is 18.4 Å². The van der Waals surface area contributed by atoms with Gasteiger partial charge < -0.3 is 20.7 Å². The van der Waals surface area contributed by atoms with Crippen molar-refractivity contribution in [3.8, 4) is 0 Å². The van der Waals surface area contributed by atoms with Gasteiger partial charge in [0.1, 0.15) is 17.7 Å². The number of halogens is 2. The third-order valence-electron chi connectivity index (χ3n) is 6.67. The Labute approximate surface area is 235 Å². The Balaban J connectivity index is 1.80. The van der Waals surface area contributed by atoms with E-state index in [0.29, 0.717) is 24.2 Å². The maximum atomic E-state index is 13.8. The molecule has 1 amide bonds. The Morgan fingerprint density at radius 3 is 2.30 bits per heavy atom. The smallest absolute Gasteiger partial charge is 0.338 e. The van der Waals surface area contributed by atoms with Gasteiger partial charge >= 0.3 is 5.97 Å². The number of nitrogens with zero attached hydrogens (tertiary/aromatic N) is 1. The van der Waals surface area contributed by atoms with E-state index in [1.165, 1.54) is 23.8 Å². The molecule has 2 unspecified atom stereocenters. The van der Waals surface area contributed by atoms with Crippen molar-refractivity contribution >= 4 is 11.9 Å². The van der Waals surface area contributed by atoms with Crippen molar-refractivity contribution in [3.63, 3.8) is 0 Å². The van der Waals surface area contributed by atoms with Crippen molar-refractivity contribution in [2.24, 2.45) is 5.73 Å². The molecule has 0 aliphatic heterocycles. The van der Waals surface area contributed by atoms with Crippen LogP contribution in [0.1, 0.15) is 63.2 Å². The molecule has 0 spiro atoms. The van der Waals surface area contributed by atoms with Crippen LogP contribution in [0.2, 0.25) is 0 Å². The zero-order valence-corrected chi connectivity index (χ0v) is 23.7. The first-order valence-corrected chi connectivity index (χ1v) is 13.7. The molecule has 3 N–H and O–H groups in total. The molecular formula is C32H39F2N3O3. The summed E-state index contributed by atoms with van der Waals surface area (Å²) in [7, 11) is 1.72. The lowest BCUT2D eigenvalue weighted by Crippen LogP contribution is -2.46. The lowest BCUT2D eigenvalue weighted by atomic mass is 10.0. The minimum atomic E-state index is -0.810. The lowest BCUT2D eigenvalue weighted by Gasteiger charge is -2.25. The van der Waals surface area contributed by atoms with Gasteiger partial charge in [-0.25, -0.2) is 13.6 Å². The highest BCUT2D eigenvalue weighted by molar-refractivity contribution is 5.98. The SMILES string of the molecule is CCCN(C)C(=O)c1cc(C)cc(C(=O)OC(CNCc2cccc(CC)c2)C(N)Cc2cc(F)cc(F)c2)c1. The van der Waals surface area contributed by atoms with Crippen molar-refractivity contribution in [3.05, 3.63) is 106 Å². The molecule has 6 nitrogen and oxygen atoms in total. The molecule has 3 rings (SSSR count). The Bertz CT molecular complexity index is 1290. The average Bonchev–Trinajstić information content (AvgIpc) is 2.91. The number of nitrogens with one attached hydrogen (secondary N) is 1. The number of benzene rings is 3. The average molecular weight is 552 g/mol. The number of hydrogen-bond donors (Lipinski definition) is 2. The number of carbonyl (C=O) groups is 2. The van der Waals surface area contributed by atoms with Gasteiger partial charge in [0.05, 0.1) is 5.56 Å². The highest BCUT2D eigenvalue weighted by Crippen LogP contribution is 2.17. The Morgan fingerprint density at radius 2 is 1.62 bits per heavy atom. The quantitative estimate of drug-likeness (QED) is 0.285. The third-order valence-corrected chi connectivity index (χ3v) is 6.67. The van der Waals surface area contributed by atoms with Crippen molar-refractivity contribution < 1.29 is 23.1 Å². The summed E-state index contributed by atoms with van der Waals surface area (Å²) in [4.78, 5) is 27.8. The van der Waals surface area contributed by atoms with Gasteiger partial charge in [-0.3, -0.25) is 4.79 Å². The largest absolute Gasteiger partial charge is 0.456 e. The molecule has 3 aromatic rings. The molecule has 0 aromatic heterocycles. The molecule has 0 aliphatic carbocycles. The Kier molecular flexibility index (Phi) is 11.3. The van der Waals surface area contributed by atoms with Crippen LogP contribution in [0.3, 0.4) is 0 Å². The van der Waals surface area contributed by atoms with E-state index in [1.807, 2.05) is 19.1 Å². The van der Waals surface area contributed by atoms with E-state index in [-0.39, 0.29) is 24.4 Å². The summed E-state index contributed by atoms with van der Waals surface area (Å²) in [6.45, 7) is 7.22. The van der Waals surface area contributed by atoms with Crippen LogP contribution in [0, 0.1) is 18.6 Å². The summed E-state index contributed by atoms with van der Waals surface area (Å²) in [5.41, 5.74) is 10.5. The minimum Gasteiger partial charge on any atom is -0.456 e. The van der Waals surface area contributed by atoms with E-state index in [4.69, 9.17) is 10.5 Å². The summed E-state index contributed by atoms with van der Waals surface area (Å²) in [6, 6.07) is 15.6. The first-order valence-electron chi connectivity index (χ1n) is 13.7. The van der Waals surface area contributed by atoms with Gasteiger partial charge in [-0.05, 0) is 78.8 Å². The van der Waals surface area contributed by atoms with Crippen LogP contribution >= 0.6 is 0 Å². The number of nitrogens with two attached hydrogens (primary N) is 1. The first kappa shape index (κ1) is 30.9. The summed E-state index contributed by atoms with van der Waals surface area (Å²) in [6.07, 6.45) is 1.01. The zero-order valence-electron chi connectivity index (χ0n) is 23.7. The Hall–Kier alpha value is -3.62. The highest BCUT2D eigenvalue weighted by Gasteiger charge is 2.25. The van der Waals surface area contributed by atoms with Gasteiger partial charge in [0, 0.05) is 44.4 Å². The number of aryl methyl sites for hydroxylation is 2. The molecule has 3 aromatic carbocycles. The molecule has 0 radical (unpaired) electrons. The van der Waals surface area contributed by atoms with Crippen LogP contribution in [0.5, 0.6) is 0 Å². The monoisotopic (exact) mass is 551 g/mol. The second-order valence-electron chi connectivity index (χ2n) is 10.2. The number of ether oxygens (including phenoxy) is 1. The maximum absolute atomic E-state index is 13.8. The maximum Gasteiger partial charge on any atom is 0.338 e. The van der Waals surface area contributed by atoms with Gasteiger partial charge in [-0.15, -0.1) is 0 Å². The fourth-order valence-corrected chi connectivity index (χ4v) is 4.62. The second-order valence-corrected chi connectivity index (χ2v) is 10.2. The van der Waals surface area contributed by atoms with Crippen LogP contribution in [0.4, 0.5) is 8.78 Å². The summed E-state index contributed by atoms with van der Waals surface area (Å²) < 4.78 is 33.5. The summed E-state index contributed by atoms with van der Waals surface area (Å²) in [5.74, 6) is -2.21. The third kappa shape index (κ3) is 8.96. The van der Waals surface area contributed by atoms with E-state index >= 15 is 0 Å². The zero-order chi connectivity index (χ0) is 29.2. The molecule has 0 fully saturated rings. The molecule has 0 bridgehead atoms. The second kappa shape index (κ2) is 14.7. The number of carbonyl (C=O) groups excluding carboxylic acids is 2. The predicted molar refractivity (Wildman–Crippen MR) is 153 cm³/mol. The standard InChI is InChI=1S/C32H39F2N3O3/c1-5-10-37(4)31(38)25-11-21(3)12-26(17-25)32(39)40-30(20-36-19-23-9-7-8-22(6-2)13-23)29(35)16-24-14-27(33)18-28(34)15-24/h7-9,11-15,17-18,29-30,36H,5-6,10,16,19-20,35H2,1-4H3. The lowest BCUT2D eigenvalue weighted by molar-refractivity contribution is 0.0238. The summed E-state index contributed by atoms with van der Waals surface area (Å²) >= 11 is 0. The molecular weight excluding hydrogens is 512 g/mol. The minimum absolute atomic E-state index is 0.0962. The molecule has 0 saturated carbocycles. The van der Waals surface area contributed by atoms with Crippen molar-refractivity contribution in [1.82, 2.24) is 10.2 Å². The van der Waals surface area contributed by atoms with Crippen LogP contribution in [-0.4, -0.2) is 49.1 Å². The number of esters is 1. The van der Waals surface area contributed by atoms with Gasteiger partial charge in [0.15, 0.2) is 0 Å². The fraction of sp³-hybridized carbons (Fsp3) is 0.375. The Morgan fingerprint density at radius 1 is 0.950 bits per heavy atom. The molecule has 40 heavy (non-hydrogen) atoms. The van der Waals surface area contributed by atoms with E-state index in [2.05, 4.69) is 24.4 Å². The van der Waals surface area contributed by atoms with Crippen LogP contribution < -0.4 is 11.1 Å². The van der Waals surface area contributed by atoms with Crippen LogP contribution in [0.25, 0.3) is 0 Å². The van der Waals surface area contributed by atoms with Crippen LogP contribution in [-0.2, 0) is 24.1 Å². The van der Waals surface area contributed by atoms with Crippen LogP contribution in [0.15, 0.2) is 60.7 Å². The van der Waals surface area contributed by atoms with Crippen molar-refractivity contribution in [1.29, 1.82) is 0 Å². The number of amides is 1. The molecule has 214 valence electrons. The normalized spacial score (nSPS) is 12.6. The summed E-state index contributed by atoms with van der Waals surface area (Å²) in [5, 5.41) is 3.30. The molecule has 2 atom stereocenters. The van der Waals surface area contributed by atoms with E-state index in [0.717, 1.165) is 30.0 Å². The molecule has 0 aliphatic rings. The number of rotatable bonds is 13. The van der Waals surface area contributed by atoms with E-state index < -0.39 is 29.7 Å². The van der Waals surface area contributed by atoms with Gasteiger partial charge in [0.25, 0.3) is 5.91 Å². The topological polar surface area (TPSA) is 84.7 Å². The molecule has 0 heterocycles. The molecule has 0 saturated heterocycles. The predicted octanol–water partition coefficient (Wildman–Crippen LogP) is 5.20. The van der Waals surface area contributed by atoms with Gasteiger partial charge in [0.2, 0.25) is 0 Å². The number of hydrogen-bond acceptors (Lipinski definition) is 5. The van der Waals surface area contributed by atoms with Gasteiger partial charge in [-0.2, -0.15) is 0 Å². The highest BCUT2D eigenvalue weighted by atomic mass is 19.1. The first-order chi connectivity index (χ1) is 19.1. The van der Waals surface area contributed by atoms with Crippen molar-refractivity contribution in [2.45, 2.75) is 58.7 Å². The molecule has 8 heteroatoms. The van der Waals surface area contributed by atoms with E-state index in [1.54, 1.807) is 31.0 Å². The van der Waals surface area contributed by atoms with Crippen molar-refractivity contribution in [2.75, 3.05) is 20.1 Å². The fourth-order valence-electron chi connectivity index (χ4n) is 4.62. The van der Waals surface area contributed by atoms with Gasteiger partial charge in [-0.1, -0.05) is 38.1 Å².